The van der Waals surface area contributed by atoms with Crippen LogP contribution in [0.2, 0.25) is 5.15 Å². The van der Waals surface area contributed by atoms with E-state index in [1.54, 1.807) is 0 Å². The van der Waals surface area contributed by atoms with Crippen molar-refractivity contribution in [2.75, 3.05) is 0 Å². The molecule has 0 aliphatic rings. The van der Waals surface area contributed by atoms with Gasteiger partial charge < -0.3 is 4.98 Å². The van der Waals surface area contributed by atoms with E-state index in [0.29, 0.717) is 10.8 Å². The van der Waals surface area contributed by atoms with E-state index in [9.17, 15) is 0 Å². The number of aromatic nitrogens is 2. The van der Waals surface area contributed by atoms with Crippen molar-refractivity contribution in [1.29, 1.82) is 5.26 Å². The third-order valence-electron chi connectivity index (χ3n) is 1.83. The second kappa shape index (κ2) is 3.52. The first-order valence-corrected chi connectivity index (χ1v) is 4.40. The van der Waals surface area contributed by atoms with Gasteiger partial charge in [-0.1, -0.05) is 41.9 Å². The summed E-state index contributed by atoms with van der Waals surface area (Å²) in [4.78, 5) is 6.70. The number of imidazole rings is 1. The summed E-state index contributed by atoms with van der Waals surface area (Å²) in [6, 6.07) is 11.4. The van der Waals surface area contributed by atoms with Crippen molar-refractivity contribution in [1.82, 2.24) is 9.97 Å². The molecule has 0 atom stereocenters. The molecule has 1 heterocycles. The summed E-state index contributed by atoms with van der Waals surface area (Å²) in [6.07, 6.45) is 0. The van der Waals surface area contributed by atoms with Crippen molar-refractivity contribution in [3.63, 3.8) is 0 Å². The van der Waals surface area contributed by atoms with Crippen LogP contribution in [-0.4, -0.2) is 9.97 Å². The summed E-state index contributed by atoms with van der Waals surface area (Å²) in [7, 11) is 0. The van der Waals surface area contributed by atoms with Crippen LogP contribution < -0.4 is 0 Å². The number of hydrogen-bond acceptors (Lipinski definition) is 2. The molecule has 2 rings (SSSR count). The summed E-state index contributed by atoms with van der Waals surface area (Å²) >= 11 is 5.86. The molecule has 0 amide bonds. The van der Waals surface area contributed by atoms with Gasteiger partial charge in [0.05, 0.1) is 5.69 Å². The molecule has 1 aromatic heterocycles. The Labute approximate surface area is 86.0 Å². The molecule has 0 fully saturated rings. The molecular formula is C10H6ClN3. The lowest BCUT2D eigenvalue weighted by molar-refractivity contribution is 1.23. The Morgan fingerprint density at radius 3 is 2.57 bits per heavy atom. The largest absolute Gasteiger partial charge is 0.328 e. The van der Waals surface area contributed by atoms with Crippen LogP contribution in [0.5, 0.6) is 0 Å². The zero-order valence-electron chi connectivity index (χ0n) is 7.16. The summed E-state index contributed by atoms with van der Waals surface area (Å²) in [5.74, 6) is 0.230. The van der Waals surface area contributed by atoms with Gasteiger partial charge in [0.25, 0.3) is 0 Å². The van der Waals surface area contributed by atoms with Crippen LogP contribution in [0.25, 0.3) is 11.3 Å². The topological polar surface area (TPSA) is 52.5 Å². The molecule has 0 unspecified atom stereocenters. The molecule has 0 radical (unpaired) electrons. The van der Waals surface area contributed by atoms with E-state index in [1.807, 2.05) is 36.4 Å². The number of nitrogens with one attached hydrogen (secondary N) is 1. The third-order valence-corrected chi connectivity index (χ3v) is 2.10. The number of hydrogen-bond donors (Lipinski definition) is 1. The molecule has 4 heteroatoms. The molecule has 68 valence electrons. The van der Waals surface area contributed by atoms with E-state index in [-0.39, 0.29) is 5.82 Å². The molecule has 0 saturated heterocycles. The second-order valence-corrected chi connectivity index (χ2v) is 3.09. The Kier molecular flexibility index (Phi) is 2.21. The van der Waals surface area contributed by atoms with E-state index in [2.05, 4.69) is 9.97 Å². The zero-order chi connectivity index (χ0) is 9.97. The number of aromatic amines is 1. The van der Waals surface area contributed by atoms with Crippen molar-refractivity contribution >= 4 is 11.6 Å². The van der Waals surface area contributed by atoms with Crippen LogP contribution in [-0.2, 0) is 0 Å². The van der Waals surface area contributed by atoms with E-state index >= 15 is 0 Å². The Morgan fingerprint density at radius 1 is 1.29 bits per heavy atom. The van der Waals surface area contributed by atoms with E-state index < -0.39 is 0 Å². The fourth-order valence-electron chi connectivity index (χ4n) is 1.20. The molecule has 1 aromatic carbocycles. The van der Waals surface area contributed by atoms with E-state index in [4.69, 9.17) is 16.9 Å². The van der Waals surface area contributed by atoms with Crippen LogP contribution in [0, 0.1) is 11.3 Å². The lowest BCUT2D eigenvalue weighted by Crippen LogP contribution is -1.78. The molecular weight excluding hydrogens is 198 g/mol. The molecule has 0 aliphatic carbocycles. The number of rotatable bonds is 1. The highest BCUT2D eigenvalue weighted by molar-refractivity contribution is 6.31. The molecule has 0 aliphatic heterocycles. The van der Waals surface area contributed by atoms with Gasteiger partial charge in [-0.3, -0.25) is 0 Å². The normalized spacial score (nSPS) is 9.71. The molecule has 1 N–H and O–H groups in total. The second-order valence-electron chi connectivity index (χ2n) is 2.73. The van der Waals surface area contributed by atoms with Crippen LogP contribution in [0.1, 0.15) is 5.82 Å². The lowest BCUT2D eigenvalue weighted by Gasteiger charge is -1.95. The number of halogens is 1. The van der Waals surface area contributed by atoms with Crippen molar-refractivity contribution in [3.8, 4) is 17.3 Å². The monoisotopic (exact) mass is 203 g/mol. The Balaban J connectivity index is 2.53. The highest BCUT2D eigenvalue weighted by Gasteiger charge is 2.08. The van der Waals surface area contributed by atoms with Crippen molar-refractivity contribution in [2.24, 2.45) is 0 Å². The summed E-state index contributed by atoms with van der Waals surface area (Å²) in [5, 5.41) is 8.95. The maximum Gasteiger partial charge on any atom is 0.212 e. The van der Waals surface area contributed by atoms with Crippen molar-refractivity contribution in [2.45, 2.75) is 0 Å². The molecule has 0 bridgehead atoms. The smallest absolute Gasteiger partial charge is 0.212 e. The molecule has 2 aromatic rings. The first-order chi connectivity index (χ1) is 6.81. The van der Waals surface area contributed by atoms with Crippen LogP contribution in [0.4, 0.5) is 0 Å². The summed E-state index contributed by atoms with van der Waals surface area (Å²) < 4.78 is 0. The van der Waals surface area contributed by atoms with E-state index in [0.717, 1.165) is 5.56 Å². The first kappa shape index (κ1) is 8.79. The van der Waals surface area contributed by atoms with Crippen LogP contribution in [0.15, 0.2) is 30.3 Å². The number of nitriles is 1. The van der Waals surface area contributed by atoms with Gasteiger partial charge in [-0.15, -0.1) is 0 Å². The van der Waals surface area contributed by atoms with E-state index in [1.165, 1.54) is 0 Å². The highest BCUT2D eigenvalue weighted by atomic mass is 35.5. The molecule has 14 heavy (non-hydrogen) atoms. The number of nitrogens with zero attached hydrogens (tertiary/aromatic N) is 2. The lowest BCUT2D eigenvalue weighted by atomic mass is 10.2. The van der Waals surface area contributed by atoms with Gasteiger partial charge in [-0.25, -0.2) is 4.98 Å². The highest BCUT2D eigenvalue weighted by Crippen LogP contribution is 2.24. The maximum absolute atomic E-state index is 8.62. The van der Waals surface area contributed by atoms with Crippen LogP contribution in [0.3, 0.4) is 0 Å². The fraction of sp³-hybridized carbons (Fsp3) is 0. The minimum atomic E-state index is 0.230. The summed E-state index contributed by atoms with van der Waals surface area (Å²) in [5.41, 5.74) is 1.61. The standard InChI is InChI=1S/C10H6ClN3/c11-10-9(13-8(6-12)14-10)7-4-2-1-3-5-7/h1-5H,(H,13,14). The maximum atomic E-state index is 8.62. The minimum absolute atomic E-state index is 0.230. The average Bonchev–Trinajstić information content (AvgIpc) is 2.61. The molecule has 0 spiro atoms. The fourth-order valence-corrected chi connectivity index (χ4v) is 1.44. The van der Waals surface area contributed by atoms with Gasteiger partial charge in [-0.2, -0.15) is 5.26 Å². The third kappa shape index (κ3) is 1.48. The zero-order valence-corrected chi connectivity index (χ0v) is 7.92. The Hall–Kier alpha value is -1.79. The van der Waals surface area contributed by atoms with Gasteiger partial charge in [0.2, 0.25) is 5.82 Å². The van der Waals surface area contributed by atoms with Crippen molar-refractivity contribution in [3.05, 3.63) is 41.3 Å². The molecule has 3 nitrogen and oxygen atoms in total. The minimum Gasteiger partial charge on any atom is -0.328 e. The van der Waals surface area contributed by atoms with Gasteiger partial charge in [-0.05, 0) is 0 Å². The number of H-pyrrole nitrogens is 1. The predicted octanol–water partition coefficient (Wildman–Crippen LogP) is 2.60. The Morgan fingerprint density at radius 2 is 2.00 bits per heavy atom. The van der Waals surface area contributed by atoms with Gasteiger partial charge in [0, 0.05) is 5.56 Å². The first-order valence-electron chi connectivity index (χ1n) is 4.02. The van der Waals surface area contributed by atoms with Gasteiger partial charge in [0.1, 0.15) is 6.07 Å². The average molecular weight is 204 g/mol. The Bertz CT molecular complexity index is 482. The summed E-state index contributed by atoms with van der Waals surface area (Å²) in [6.45, 7) is 0. The van der Waals surface area contributed by atoms with Gasteiger partial charge >= 0.3 is 0 Å². The molecule has 0 saturated carbocycles. The number of benzene rings is 1. The van der Waals surface area contributed by atoms with Crippen LogP contribution >= 0.6 is 11.6 Å². The van der Waals surface area contributed by atoms with Crippen molar-refractivity contribution < 1.29 is 0 Å². The SMILES string of the molecule is N#Cc1nc(Cl)c(-c2ccccc2)[nH]1. The quantitative estimate of drug-likeness (QED) is 0.775. The predicted molar refractivity (Wildman–Crippen MR) is 53.7 cm³/mol. The van der Waals surface area contributed by atoms with Gasteiger partial charge in [0.15, 0.2) is 5.15 Å².